The molecule has 0 radical (unpaired) electrons. The quantitative estimate of drug-likeness (QED) is 0.884. The van der Waals surface area contributed by atoms with Gasteiger partial charge in [-0.15, -0.1) is 0 Å². The van der Waals surface area contributed by atoms with Crippen molar-refractivity contribution in [2.24, 2.45) is 0 Å². The Balaban J connectivity index is 1.93. The number of aromatic nitrogens is 1. The third-order valence-electron chi connectivity index (χ3n) is 4.53. The number of aliphatic carboxylic acids is 1. The fourth-order valence-corrected chi connectivity index (χ4v) is 3.24. The Morgan fingerprint density at radius 1 is 1.42 bits per heavy atom. The summed E-state index contributed by atoms with van der Waals surface area (Å²) in [5.41, 5.74) is 0.804. The van der Waals surface area contributed by atoms with E-state index in [1.165, 1.54) is 11.8 Å². The number of carbonyl (C=O) groups is 2. The molecule has 2 heterocycles. The van der Waals surface area contributed by atoms with Crippen molar-refractivity contribution in [3.8, 4) is 11.6 Å². The molecule has 1 saturated heterocycles. The lowest BCUT2D eigenvalue weighted by Crippen LogP contribution is -2.39. The molecule has 1 aliphatic rings. The molecule has 2 atom stereocenters. The molecule has 26 heavy (non-hydrogen) atoms. The lowest BCUT2D eigenvalue weighted by molar-refractivity contribution is -0.147. The lowest BCUT2D eigenvalue weighted by Gasteiger charge is -2.18. The van der Waals surface area contributed by atoms with Crippen LogP contribution in [0.4, 0.5) is 0 Å². The van der Waals surface area contributed by atoms with Gasteiger partial charge in [-0.1, -0.05) is 12.7 Å². The predicted octanol–water partition coefficient (Wildman–Crippen LogP) is 2.34. The Labute approximate surface area is 150 Å². The van der Waals surface area contributed by atoms with Crippen molar-refractivity contribution in [1.82, 2.24) is 9.88 Å². The summed E-state index contributed by atoms with van der Waals surface area (Å²) >= 11 is 0. The molecule has 2 aromatic rings. The van der Waals surface area contributed by atoms with Crippen molar-refractivity contribution in [2.75, 3.05) is 13.7 Å². The smallest absolute Gasteiger partial charge is 0.326 e. The summed E-state index contributed by atoms with van der Waals surface area (Å²) in [4.78, 5) is 28.7. The molecule has 1 aromatic heterocycles. The van der Waals surface area contributed by atoms with Gasteiger partial charge in [0.2, 0.25) is 11.8 Å². The number of rotatable bonds is 5. The second kappa shape index (κ2) is 7.03. The number of carboxylic acid groups (broad SMARTS) is 1. The average molecular weight is 356 g/mol. The van der Waals surface area contributed by atoms with E-state index in [-0.39, 0.29) is 18.9 Å². The van der Waals surface area contributed by atoms with Gasteiger partial charge in [-0.2, -0.15) is 0 Å². The first-order valence-electron chi connectivity index (χ1n) is 8.20. The van der Waals surface area contributed by atoms with Gasteiger partial charge in [0.15, 0.2) is 0 Å². The molecule has 0 aliphatic carbocycles. The highest BCUT2D eigenvalue weighted by molar-refractivity contribution is 5.90. The average Bonchev–Trinajstić information content (AvgIpc) is 3.05. The van der Waals surface area contributed by atoms with E-state index in [2.05, 4.69) is 11.6 Å². The number of hydrogen-bond donors (Lipinski definition) is 1. The molecule has 1 fully saturated rings. The molecule has 1 aliphatic heterocycles. The monoisotopic (exact) mass is 356 g/mol. The highest BCUT2D eigenvalue weighted by Gasteiger charge is 2.39. The number of carboxylic acids is 1. The minimum Gasteiger partial charge on any atom is -0.496 e. The Morgan fingerprint density at radius 2 is 2.19 bits per heavy atom. The SMILES string of the molecule is C=Cc1cc2c(OC3C[C@@H](C(=O)O)N(C(C)=O)C3)nccc2cc1OC. The van der Waals surface area contributed by atoms with E-state index in [1.54, 1.807) is 19.4 Å². The Hall–Kier alpha value is -3.09. The van der Waals surface area contributed by atoms with E-state index in [0.717, 1.165) is 16.3 Å². The highest BCUT2D eigenvalue weighted by atomic mass is 16.5. The molecular formula is C19H20N2O5. The van der Waals surface area contributed by atoms with Crippen molar-refractivity contribution in [3.63, 3.8) is 0 Å². The summed E-state index contributed by atoms with van der Waals surface area (Å²) in [6, 6.07) is 4.71. The Morgan fingerprint density at radius 3 is 2.77 bits per heavy atom. The summed E-state index contributed by atoms with van der Waals surface area (Å²) in [5.74, 6) is -0.226. The zero-order chi connectivity index (χ0) is 18.8. The van der Waals surface area contributed by atoms with Crippen LogP contribution in [0.25, 0.3) is 16.8 Å². The van der Waals surface area contributed by atoms with Crippen LogP contribution >= 0.6 is 0 Å². The number of hydrogen-bond acceptors (Lipinski definition) is 5. The number of amides is 1. The van der Waals surface area contributed by atoms with Crippen LogP contribution in [0.3, 0.4) is 0 Å². The molecule has 1 unspecified atom stereocenters. The summed E-state index contributed by atoms with van der Waals surface area (Å²) in [6.07, 6.45) is 3.09. The summed E-state index contributed by atoms with van der Waals surface area (Å²) in [6.45, 7) is 5.36. The van der Waals surface area contributed by atoms with Gasteiger partial charge in [-0.3, -0.25) is 4.79 Å². The normalized spacial score (nSPS) is 19.4. The van der Waals surface area contributed by atoms with E-state index in [1.807, 2.05) is 18.2 Å². The molecule has 3 rings (SSSR count). The minimum atomic E-state index is -1.03. The van der Waals surface area contributed by atoms with Crippen LogP contribution in [0.1, 0.15) is 18.9 Å². The number of carbonyl (C=O) groups excluding carboxylic acids is 1. The number of ether oxygens (including phenoxy) is 2. The zero-order valence-electron chi connectivity index (χ0n) is 14.6. The first-order valence-corrected chi connectivity index (χ1v) is 8.20. The number of nitrogens with zero attached hydrogens (tertiary/aromatic N) is 2. The van der Waals surface area contributed by atoms with Gasteiger partial charge >= 0.3 is 5.97 Å². The van der Waals surface area contributed by atoms with Crippen LogP contribution in [0, 0.1) is 0 Å². The van der Waals surface area contributed by atoms with Gasteiger partial charge in [0, 0.05) is 30.5 Å². The van der Waals surface area contributed by atoms with Crippen molar-refractivity contribution in [3.05, 3.63) is 36.5 Å². The molecule has 0 spiro atoms. The molecular weight excluding hydrogens is 336 g/mol. The van der Waals surface area contributed by atoms with E-state index in [9.17, 15) is 14.7 Å². The first-order chi connectivity index (χ1) is 12.4. The number of likely N-dealkylation sites (tertiary alicyclic amines) is 1. The van der Waals surface area contributed by atoms with Crippen LogP contribution in [-0.2, 0) is 9.59 Å². The first kappa shape index (κ1) is 17.7. The minimum absolute atomic E-state index is 0.217. The van der Waals surface area contributed by atoms with E-state index in [0.29, 0.717) is 11.6 Å². The zero-order valence-corrected chi connectivity index (χ0v) is 14.6. The van der Waals surface area contributed by atoms with Gasteiger partial charge in [-0.05, 0) is 23.6 Å². The van der Waals surface area contributed by atoms with Crippen molar-refractivity contribution in [1.29, 1.82) is 0 Å². The number of pyridine rings is 1. The topological polar surface area (TPSA) is 89.0 Å². The van der Waals surface area contributed by atoms with Crippen LogP contribution < -0.4 is 9.47 Å². The van der Waals surface area contributed by atoms with Crippen LogP contribution in [-0.4, -0.2) is 52.7 Å². The fraction of sp³-hybridized carbons (Fsp3) is 0.316. The summed E-state index contributed by atoms with van der Waals surface area (Å²) < 4.78 is 11.3. The Bertz CT molecular complexity index is 858. The van der Waals surface area contributed by atoms with Crippen LogP contribution in [0.2, 0.25) is 0 Å². The second-order valence-corrected chi connectivity index (χ2v) is 6.14. The number of benzene rings is 1. The third kappa shape index (κ3) is 3.20. The molecule has 136 valence electrons. The van der Waals surface area contributed by atoms with Crippen LogP contribution in [0.15, 0.2) is 31.0 Å². The predicted molar refractivity (Wildman–Crippen MR) is 96.2 cm³/mol. The van der Waals surface area contributed by atoms with E-state index >= 15 is 0 Å². The van der Waals surface area contributed by atoms with Gasteiger partial charge in [-0.25, -0.2) is 9.78 Å². The van der Waals surface area contributed by atoms with Crippen molar-refractivity contribution in [2.45, 2.75) is 25.5 Å². The molecule has 0 bridgehead atoms. The van der Waals surface area contributed by atoms with E-state index in [4.69, 9.17) is 9.47 Å². The summed E-state index contributed by atoms with van der Waals surface area (Å²) in [5, 5.41) is 11.0. The van der Waals surface area contributed by atoms with Crippen molar-refractivity contribution >= 4 is 28.7 Å². The maximum Gasteiger partial charge on any atom is 0.326 e. The number of methoxy groups -OCH3 is 1. The molecule has 7 heteroatoms. The Kier molecular flexibility index (Phi) is 4.79. The maximum atomic E-state index is 11.7. The fourth-order valence-electron chi connectivity index (χ4n) is 3.24. The molecule has 1 aromatic carbocycles. The maximum absolute atomic E-state index is 11.7. The highest BCUT2D eigenvalue weighted by Crippen LogP contribution is 2.32. The van der Waals surface area contributed by atoms with Gasteiger partial charge in [0.05, 0.1) is 13.7 Å². The molecule has 1 N–H and O–H groups in total. The summed E-state index contributed by atoms with van der Waals surface area (Å²) in [7, 11) is 1.59. The van der Waals surface area contributed by atoms with Crippen molar-refractivity contribution < 1.29 is 24.2 Å². The van der Waals surface area contributed by atoms with Crippen LogP contribution in [0.5, 0.6) is 11.6 Å². The van der Waals surface area contributed by atoms with Gasteiger partial charge in [0.1, 0.15) is 17.9 Å². The molecule has 0 saturated carbocycles. The molecule has 7 nitrogen and oxygen atoms in total. The number of fused-ring (bicyclic) bond motifs is 1. The van der Waals surface area contributed by atoms with Gasteiger partial charge < -0.3 is 19.5 Å². The largest absolute Gasteiger partial charge is 0.496 e. The van der Waals surface area contributed by atoms with E-state index < -0.39 is 18.1 Å². The lowest BCUT2D eigenvalue weighted by atomic mass is 10.1. The third-order valence-corrected chi connectivity index (χ3v) is 4.53. The molecule has 1 amide bonds. The standard InChI is InChI=1S/C19H20N2O5/c1-4-12-7-15-13(8-17(12)25-3)5-6-20-18(15)26-14-9-16(19(23)24)21(10-14)11(2)22/h4-8,14,16H,1,9-10H2,2-3H3,(H,23,24)/t14?,16-/m0/s1. The second-order valence-electron chi connectivity index (χ2n) is 6.14. The van der Waals surface area contributed by atoms with Gasteiger partial charge in [0.25, 0.3) is 0 Å².